The third-order valence-corrected chi connectivity index (χ3v) is 3.31. The second-order valence-electron chi connectivity index (χ2n) is 4.44. The van der Waals surface area contributed by atoms with Crippen LogP contribution in [0.2, 0.25) is 5.02 Å². The molecule has 0 saturated heterocycles. The molecule has 1 aromatic heterocycles. The number of aromatic nitrogens is 1. The van der Waals surface area contributed by atoms with Crippen LogP contribution in [0, 0.1) is 6.92 Å². The first-order valence-electron chi connectivity index (χ1n) is 6.20. The van der Waals surface area contributed by atoms with Crippen LogP contribution in [-0.2, 0) is 4.79 Å². The molecule has 108 valence electrons. The Balaban J connectivity index is 2.30. The molecule has 21 heavy (non-hydrogen) atoms. The Morgan fingerprint density at radius 1 is 1.24 bits per heavy atom. The lowest BCUT2D eigenvalue weighted by Crippen LogP contribution is -2.34. The normalized spacial score (nSPS) is 11.7. The second kappa shape index (κ2) is 6.37. The summed E-state index contributed by atoms with van der Waals surface area (Å²) in [6.45, 7) is 1.73. The first-order chi connectivity index (χ1) is 10.0. The Hall–Kier alpha value is -2.40. The van der Waals surface area contributed by atoms with E-state index in [9.17, 15) is 14.7 Å². The molecule has 2 aromatic rings. The summed E-state index contributed by atoms with van der Waals surface area (Å²) in [5, 5.41) is 12.0. The van der Waals surface area contributed by atoms with E-state index in [2.05, 4.69) is 10.3 Å². The molecule has 0 unspecified atom stereocenters. The zero-order valence-electron chi connectivity index (χ0n) is 11.2. The highest BCUT2D eigenvalue weighted by Crippen LogP contribution is 2.23. The summed E-state index contributed by atoms with van der Waals surface area (Å²) in [4.78, 5) is 27.6. The minimum absolute atomic E-state index is 0.191. The summed E-state index contributed by atoms with van der Waals surface area (Å²) in [6, 6.07) is 8.69. The summed E-state index contributed by atoms with van der Waals surface area (Å²) < 4.78 is 0. The van der Waals surface area contributed by atoms with Gasteiger partial charge in [0.1, 0.15) is 5.69 Å². The molecule has 0 radical (unpaired) electrons. The zero-order valence-corrected chi connectivity index (χ0v) is 12.0. The minimum Gasteiger partial charge on any atom is -0.479 e. The molecule has 6 heteroatoms. The number of aliphatic carboxylic acids is 1. The highest BCUT2D eigenvalue weighted by Gasteiger charge is 2.25. The summed E-state index contributed by atoms with van der Waals surface area (Å²) >= 11 is 5.99. The van der Waals surface area contributed by atoms with Gasteiger partial charge in [-0.2, -0.15) is 0 Å². The third-order valence-electron chi connectivity index (χ3n) is 2.96. The van der Waals surface area contributed by atoms with Crippen molar-refractivity contribution in [3.05, 3.63) is 64.4 Å². The van der Waals surface area contributed by atoms with Gasteiger partial charge in [-0.05, 0) is 24.6 Å². The predicted molar refractivity (Wildman–Crippen MR) is 78.3 cm³/mol. The molecular weight excluding hydrogens is 292 g/mol. The van der Waals surface area contributed by atoms with Gasteiger partial charge in [0.2, 0.25) is 0 Å². The number of nitrogens with one attached hydrogen (secondary N) is 1. The number of halogens is 1. The standard InChI is InChI=1S/C15H13ClN2O3/c1-9-5-4-8-17-12(9)14(19)18-13(15(20)21)10-6-2-3-7-11(10)16/h2-8,13H,1H3,(H,18,19)(H,20,21)/t13-/m1/s1. The van der Waals surface area contributed by atoms with Gasteiger partial charge in [-0.25, -0.2) is 4.79 Å². The van der Waals surface area contributed by atoms with E-state index in [1.807, 2.05) is 0 Å². The second-order valence-corrected chi connectivity index (χ2v) is 4.84. The molecule has 1 aromatic carbocycles. The molecule has 0 aliphatic heterocycles. The van der Waals surface area contributed by atoms with Crippen molar-refractivity contribution in [2.24, 2.45) is 0 Å². The van der Waals surface area contributed by atoms with Crippen LogP contribution in [0.1, 0.15) is 27.7 Å². The first-order valence-corrected chi connectivity index (χ1v) is 6.58. The average Bonchev–Trinajstić information content (AvgIpc) is 2.45. The van der Waals surface area contributed by atoms with Gasteiger partial charge in [-0.1, -0.05) is 35.9 Å². The van der Waals surface area contributed by atoms with Crippen LogP contribution >= 0.6 is 11.6 Å². The van der Waals surface area contributed by atoms with Crippen LogP contribution in [0.15, 0.2) is 42.6 Å². The number of hydrogen-bond acceptors (Lipinski definition) is 3. The molecule has 2 rings (SSSR count). The Morgan fingerprint density at radius 3 is 2.57 bits per heavy atom. The van der Waals surface area contributed by atoms with Gasteiger partial charge in [-0.15, -0.1) is 0 Å². The number of benzene rings is 1. The number of carboxylic acids is 1. The fourth-order valence-electron chi connectivity index (χ4n) is 1.90. The number of aryl methyl sites for hydroxylation is 1. The molecular formula is C15H13ClN2O3. The third kappa shape index (κ3) is 3.38. The van der Waals surface area contributed by atoms with Crippen LogP contribution in [0.25, 0.3) is 0 Å². The monoisotopic (exact) mass is 304 g/mol. The quantitative estimate of drug-likeness (QED) is 0.910. The van der Waals surface area contributed by atoms with E-state index in [1.54, 1.807) is 43.3 Å². The van der Waals surface area contributed by atoms with Gasteiger partial charge in [-0.3, -0.25) is 9.78 Å². The van der Waals surface area contributed by atoms with Crippen LogP contribution in [0.5, 0.6) is 0 Å². The SMILES string of the molecule is Cc1cccnc1C(=O)N[C@@H](C(=O)O)c1ccccc1Cl. The molecule has 2 N–H and O–H groups in total. The number of rotatable bonds is 4. The molecule has 0 aliphatic rings. The minimum atomic E-state index is -1.23. The maximum absolute atomic E-state index is 12.2. The van der Waals surface area contributed by atoms with E-state index < -0.39 is 17.9 Å². The Labute approximate surface area is 126 Å². The average molecular weight is 305 g/mol. The van der Waals surface area contributed by atoms with Crippen molar-refractivity contribution in [2.45, 2.75) is 13.0 Å². The molecule has 0 aliphatic carbocycles. The van der Waals surface area contributed by atoms with Crippen LogP contribution in [-0.4, -0.2) is 22.0 Å². The Kier molecular flexibility index (Phi) is 4.55. The maximum Gasteiger partial charge on any atom is 0.330 e. The first kappa shape index (κ1) is 15.0. The van der Waals surface area contributed by atoms with E-state index in [1.165, 1.54) is 6.20 Å². The van der Waals surface area contributed by atoms with Crippen molar-refractivity contribution < 1.29 is 14.7 Å². The number of pyridine rings is 1. The molecule has 1 atom stereocenters. The number of carbonyl (C=O) groups excluding carboxylic acids is 1. The van der Waals surface area contributed by atoms with Crippen molar-refractivity contribution in [3.8, 4) is 0 Å². The number of carboxylic acid groups (broad SMARTS) is 1. The lowest BCUT2D eigenvalue weighted by Gasteiger charge is -2.16. The predicted octanol–water partition coefficient (Wildman–Crippen LogP) is 2.60. The molecule has 0 fully saturated rings. The fraction of sp³-hybridized carbons (Fsp3) is 0.133. The van der Waals surface area contributed by atoms with E-state index in [0.29, 0.717) is 11.1 Å². The molecule has 1 amide bonds. The Bertz CT molecular complexity index is 688. The smallest absolute Gasteiger partial charge is 0.330 e. The maximum atomic E-state index is 12.2. The highest BCUT2D eigenvalue weighted by molar-refractivity contribution is 6.31. The largest absolute Gasteiger partial charge is 0.479 e. The van der Waals surface area contributed by atoms with Crippen LogP contribution < -0.4 is 5.32 Å². The number of carbonyl (C=O) groups is 2. The van der Waals surface area contributed by atoms with E-state index in [-0.39, 0.29) is 10.7 Å². The number of hydrogen-bond donors (Lipinski definition) is 2. The fourth-order valence-corrected chi connectivity index (χ4v) is 2.15. The van der Waals surface area contributed by atoms with E-state index in [0.717, 1.165) is 0 Å². The highest BCUT2D eigenvalue weighted by atomic mass is 35.5. The molecule has 5 nitrogen and oxygen atoms in total. The van der Waals surface area contributed by atoms with Crippen molar-refractivity contribution in [3.63, 3.8) is 0 Å². The van der Waals surface area contributed by atoms with Gasteiger partial charge in [0.25, 0.3) is 5.91 Å². The molecule has 1 heterocycles. The summed E-state index contributed by atoms with van der Waals surface area (Å²) in [6.07, 6.45) is 1.48. The topological polar surface area (TPSA) is 79.3 Å². The van der Waals surface area contributed by atoms with E-state index in [4.69, 9.17) is 11.6 Å². The molecule has 0 bridgehead atoms. The van der Waals surface area contributed by atoms with Gasteiger partial charge < -0.3 is 10.4 Å². The Morgan fingerprint density at radius 2 is 1.95 bits per heavy atom. The van der Waals surface area contributed by atoms with Crippen LogP contribution in [0.4, 0.5) is 0 Å². The number of amides is 1. The van der Waals surface area contributed by atoms with E-state index >= 15 is 0 Å². The van der Waals surface area contributed by atoms with Crippen molar-refractivity contribution in [2.75, 3.05) is 0 Å². The summed E-state index contributed by atoms with van der Waals surface area (Å²) in [7, 11) is 0. The molecule has 0 saturated carbocycles. The van der Waals surface area contributed by atoms with Crippen molar-refractivity contribution in [1.29, 1.82) is 0 Å². The summed E-state index contributed by atoms with van der Waals surface area (Å²) in [5.74, 6) is -1.74. The lowest BCUT2D eigenvalue weighted by atomic mass is 10.1. The number of nitrogens with zero attached hydrogens (tertiary/aromatic N) is 1. The van der Waals surface area contributed by atoms with Gasteiger partial charge in [0.05, 0.1) is 0 Å². The van der Waals surface area contributed by atoms with Crippen LogP contribution in [0.3, 0.4) is 0 Å². The van der Waals surface area contributed by atoms with Gasteiger partial charge in [0.15, 0.2) is 6.04 Å². The zero-order chi connectivity index (χ0) is 15.4. The van der Waals surface area contributed by atoms with Gasteiger partial charge in [0, 0.05) is 16.8 Å². The summed E-state index contributed by atoms with van der Waals surface area (Å²) in [5.41, 5.74) is 1.18. The molecule has 0 spiro atoms. The van der Waals surface area contributed by atoms with Crippen molar-refractivity contribution >= 4 is 23.5 Å². The van der Waals surface area contributed by atoms with Crippen molar-refractivity contribution in [1.82, 2.24) is 10.3 Å². The lowest BCUT2D eigenvalue weighted by molar-refractivity contribution is -0.139. The van der Waals surface area contributed by atoms with Gasteiger partial charge >= 0.3 is 5.97 Å².